The molecule has 0 saturated carbocycles. The van der Waals surface area contributed by atoms with Crippen LogP contribution in [0.25, 0.3) is 6.08 Å². The fourth-order valence-electron chi connectivity index (χ4n) is 6.87. The number of non-ortho nitro benzene ring substituents is 1. The fraction of sp³-hybridized carbons (Fsp3) is 0.121. The first-order valence-corrected chi connectivity index (χ1v) is 13.4. The molecule has 0 bridgehead atoms. The lowest BCUT2D eigenvalue weighted by atomic mass is 9.64. The van der Waals surface area contributed by atoms with Crippen LogP contribution in [0.2, 0.25) is 0 Å². The number of nitrogens with one attached hydrogen (secondary N) is 1. The average Bonchev–Trinajstić information content (AvgIpc) is 3.49. The summed E-state index contributed by atoms with van der Waals surface area (Å²) in [6, 6.07) is 23.1. The topological polar surface area (TPSA) is 110 Å². The predicted octanol–water partition coefficient (Wildman–Crippen LogP) is 5.59. The molecule has 1 fully saturated rings. The van der Waals surface area contributed by atoms with Gasteiger partial charge in [-0.15, -0.1) is 0 Å². The Morgan fingerprint density at radius 2 is 1.57 bits per heavy atom. The van der Waals surface area contributed by atoms with Crippen molar-refractivity contribution in [2.75, 3.05) is 10.2 Å². The Morgan fingerprint density at radius 1 is 0.881 bits per heavy atom. The Morgan fingerprint density at radius 3 is 2.33 bits per heavy atom. The first-order valence-electron chi connectivity index (χ1n) is 13.4. The quantitative estimate of drug-likeness (QED) is 0.194. The van der Waals surface area contributed by atoms with Gasteiger partial charge in [0.25, 0.3) is 5.69 Å². The van der Waals surface area contributed by atoms with Crippen molar-refractivity contribution in [3.8, 4) is 0 Å². The third kappa shape index (κ3) is 3.43. The number of nitro benzene ring substituents is 1. The zero-order valence-electron chi connectivity index (χ0n) is 21.9. The summed E-state index contributed by atoms with van der Waals surface area (Å²) in [7, 11) is 0. The number of rotatable bonds is 5. The summed E-state index contributed by atoms with van der Waals surface area (Å²) in [4.78, 5) is 56.0. The van der Waals surface area contributed by atoms with Gasteiger partial charge in [-0.05, 0) is 47.5 Å². The van der Waals surface area contributed by atoms with E-state index in [2.05, 4.69) is 5.32 Å². The number of anilines is 2. The summed E-state index contributed by atoms with van der Waals surface area (Å²) in [6.45, 7) is 0. The number of benzene rings is 4. The molecule has 8 nitrogen and oxygen atoms in total. The maximum absolute atomic E-state index is 15.2. The van der Waals surface area contributed by atoms with E-state index < -0.39 is 51.6 Å². The van der Waals surface area contributed by atoms with Gasteiger partial charge in [-0.2, -0.15) is 0 Å². The van der Waals surface area contributed by atoms with Crippen LogP contribution in [0.4, 0.5) is 21.5 Å². The number of amides is 1. The van der Waals surface area contributed by atoms with Gasteiger partial charge in [-0.3, -0.25) is 24.5 Å². The number of fused-ring (bicyclic) bond motifs is 6. The summed E-state index contributed by atoms with van der Waals surface area (Å²) in [6.07, 6.45) is 3.70. The summed E-state index contributed by atoms with van der Waals surface area (Å²) < 4.78 is 15.2. The van der Waals surface area contributed by atoms with Crippen molar-refractivity contribution in [1.82, 2.24) is 0 Å². The van der Waals surface area contributed by atoms with Crippen LogP contribution in [-0.4, -0.2) is 34.5 Å². The van der Waals surface area contributed by atoms with Gasteiger partial charge in [0.1, 0.15) is 17.3 Å². The van der Waals surface area contributed by atoms with Gasteiger partial charge in [-0.25, -0.2) is 4.39 Å². The molecule has 4 unspecified atom stereocenters. The molecule has 0 aromatic heterocycles. The second kappa shape index (κ2) is 9.31. The lowest BCUT2D eigenvalue weighted by Crippen LogP contribution is -2.51. The normalized spacial score (nSPS) is 23.2. The van der Waals surface area contributed by atoms with Crippen molar-refractivity contribution in [2.24, 2.45) is 5.92 Å². The summed E-state index contributed by atoms with van der Waals surface area (Å²) in [5, 5.41) is 14.2. The molecule has 3 heterocycles. The van der Waals surface area contributed by atoms with E-state index in [-0.39, 0.29) is 16.8 Å². The van der Waals surface area contributed by atoms with Crippen LogP contribution in [0.1, 0.15) is 31.8 Å². The number of ketones is 2. The zero-order valence-corrected chi connectivity index (χ0v) is 21.9. The van der Waals surface area contributed by atoms with Crippen molar-refractivity contribution in [1.29, 1.82) is 0 Å². The van der Waals surface area contributed by atoms with Gasteiger partial charge in [0.2, 0.25) is 5.91 Å². The minimum Gasteiger partial charge on any atom is -0.352 e. The molecule has 1 amide bonds. The second-order valence-corrected chi connectivity index (χ2v) is 10.6. The largest absolute Gasteiger partial charge is 0.352 e. The van der Waals surface area contributed by atoms with Crippen LogP contribution in [-0.2, 0) is 10.2 Å². The maximum atomic E-state index is 15.2. The van der Waals surface area contributed by atoms with Gasteiger partial charge in [0, 0.05) is 29.1 Å². The van der Waals surface area contributed by atoms with Crippen LogP contribution in [0.5, 0.6) is 0 Å². The van der Waals surface area contributed by atoms with E-state index in [1.807, 2.05) is 36.4 Å². The number of nitrogens with zero attached hydrogens (tertiary/aromatic N) is 2. The van der Waals surface area contributed by atoms with Gasteiger partial charge < -0.3 is 10.2 Å². The maximum Gasteiger partial charge on any atom is 0.269 e. The Kier molecular flexibility index (Phi) is 5.65. The molecule has 0 aliphatic carbocycles. The molecule has 4 aromatic carbocycles. The number of nitro groups is 1. The van der Waals surface area contributed by atoms with E-state index in [0.29, 0.717) is 16.9 Å². The average molecular weight is 560 g/mol. The molecule has 4 aromatic rings. The number of hydrogen-bond acceptors (Lipinski definition) is 6. The van der Waals surface area contributed by atoms with Crippen LogP contribution in [0, 0.1) is 21.8 Å². The molecule has 42 heavy (non-hydrogen) atoms. The molecular weight excluding hydrogens is 537 g/mol. The number of hydrogen-bond donors (Lipinski definition) is 1. The number of carbonyl (C=O) groups is 3. The zero-order chi connectivity index (χ0) is 29.2. The highest BCUT2D eigenvalue weighted by Gasteiger charge is 2.70. The summed E-state index contributed by atoms with van der Waals surface area (Å²) in [5.41, 5.74) is 0.626. The van der Waals surface area contributed by atoms with Crippen LogP contribution < -0.4 is 10.2 Å². The molecule has 3 aliphatic heterocycles. The standard InChI is InChI=1S/C33H22FN3O5/c34-24-10-4-2-8-22(24)31(39)28-29(30(38)20-13-16-21(17-14-20)37(41)42)36-26-12-6-1-7-19(26)15-18-27(36)33(28)23-9-3-5-11-25(23)35-32(33)40/h1-18,27-29H,(H,35,40). The highest BCUT2D eigenvalue weighted by molar-refractivity contribution is 6.18. The van der Waals surface area contributed by atoms with Crippen LogP contribution in [0.3, 0.4) is 0 Å². The Labute approximate surface area is 239 Å². The van der Waals surface area contributed by atoms with E-state index in [0.717, 1.165) is 5.56 Å². The van der Waals surface area contributed by atoms with Crippen molar-refractivity contribution < 1.29 is 23.7 Å². The number of Topliss-reactive ketones (excluding diaryl/α,β-unsaturated/α-hetero) is 2. The molecule has 3 aliphatic rings. The van der Waals surface area contributed by atoms with Crippen LogP contribution >= 0.6 is 0 Å². The number of halogens is 1. The number of carbonyl (C=O) groups excluding carboxylic acids is 3. The van der Waals surface area contributed by atoms with E-state index in [1.165, 1.54) is 48.5 Å². The van der Waals surface area contributed by atoms with E-state index in [9.17, 15) is 24.5 Å². The lowest BCUT2D eigenvalue weighted by Gasteiger charge is -2.37. The molecule has 9 heteroatoms. The minimum absolute atomic E-state index is 0.131. The smallest absolute Gasteiger partial charge is 0.269 e. The molecule has 4 atom stereocenters. The predicted molar refractivity (Wildman–Crippen MR) is 154 cm³/mol. The third-order valence-electron chi connectivity index (χ3n) is 8.59. The highest BCUT2D eigenvalue weighted by Crippen LogP contribution is 2.58. The summed E-state index contributed by atoms with van der Waals surface area (Å²) in [5.74, 6) is -3.76. The second-order valence-electron chi connectivity index (χ2n) is 10.6. The monoisotopic (exact) mass is 559 g/mol. The van der Waals surface area contributed by atoms with Crippen molar-refractivity contribution in [3.63, 3.8) is 0 Å². The molecule has 1 N–H and O–H groups in total. The fourth-order valence-corrected chi connectivity index (χ4v) is 6.87. The van der Waals surface area contributed by atoms with Gasteiger partial charge >= 0.3 is 0 Å². The SMILES string of the molecule is O=C(c1ccc([N+](=O)[O-])cc1)C1C(C(=O)c2ccccc2F)C2(C(=O)Nc3ccccc32)C2C=Cc3ccccc3N12. The Bertz CT molecular complexity index is 1850. The highest BCUT2D eigenvalue weighted by atomic mass is 19.1. The summed E-state index contributed by atoms with van der Waals surface area (Å²) >= 11 is 0. The van der Waals surface area contributed by atoms with E-state index in [4.69, 9.17) is 0 Å². The van der Waals surface area contributed by atoms with Gasteiger partial charge in [0.15, 0.2) is 11.6 Å². The van der Waals surface area contributed by atoms with E-state index >= 15 is 4.39 Å². The van der Waals surface area contributed by atoms with Gasteiger partial charge in [-0.1, -0.05) is 60.7 Å². The van der Waals surface area contributed by atoms with Crippen molar-refractivity contribution in [2.45, 2.75) is 17.5 Å². The molecule has 7 rings (SSSR count). The Balaban J connectivity index is 1.52. The first-order chi connectivity index (χ1) is 20.3. The van der Waals surface area contributed by atoms with Crippen molar-refractivity contribution in [3.05, 3.63) is 141 Å². The molecule has 1 spiro atoms. The minimum atomic E-state index is -1.58. The Hall–Kier alpha value is -5.44. The first kappa shape index (κ1) is 25.5. The van der Waals surface area contributed by atoms with Crippen LogP contribution in [0.15, 0.2) is 103 Å². The van der Waals surface area contributed by atoms with E-state index in [1.54, 1.807) is 29.2 Å². The molecular formula is C33H22FN3O5. The molecule has 1 saturated heterocycles. The van der Waals surface area contributed by atoms with Gasteiger partial charge in [0.05, 0.1) is 22.4 Å². The molecule has 206 valence electrons. The third-order valence-corrected chi connectivity index (χ3v) is 8.59. The van der Waals surface area contributed by atoms with Crippen molar-refractivity contribution >= 4 is 40.6 Å². The number of para-hydroxylation sites is 2. The molecule has 0 radical (unpaired) electrons. The lowest BCUT2D eigenvalue weighted by molar-refractivity contribution is -0.384.